The number of hydrogen-bond acceptors (Lipinski definition) is 3. The summed E-state index contributed by atoms with van der Waals surface area (Å²) in [6.07, 6.45) is 0.804. The molecule has 0 atom stereocenters. The Morgan fingerprint density at radius 2 is 2.11 bits per heavy atom. The van der Waals surface area contributed by atoms with Crippen LogP contribution >= 0.6 is 31.9 Å². The van der Waals surface area contributed by atoms with E-state index in [2.05, 4.69) is 42.4 Å². The Balaban J connectivity index is 2.60. The largest absolute Gasteiger partial charge is 0.482 e. The second-order valence-corrected chi connectivity index (χ2v) is 5.83. The molecular formula is C13H16Br2N2O2. The SMILES string of the molecule is CC/C(C)=N\NC(=O)COc1c(C)cc(Br)cc1Br. The first-order chi connectivity index (χ1) is 8.93. The molecule has 6 heteroatoms. The summed E-state index contributed by atoms with van der Waals surface area (Å²) in [6, 6.07) is 3.80. The summed E-state index contributed by atoms with van der Waals surface area (Å²) >= 11 is 6.80. The molecule has 0 radical (unpaired) electrons. The highest BCUT2D eigenvalue weighted by molar-refractivity contribution is 9.11. The number of nitrogens with zero attached hydrogens (tertiary/aromatic N) is 1. The Morgan fingerprint density at radius 3 is 2.68 bits per heavy atom. The van der Waals surface area contributed by atoms with Crippen LogP contribution < -0.4 is 10.2 Å². The molecule has 1 aromatic carbocycles. The number of aryl methyl sites for hydroxylation is 1. The molecule has 1 amide bonds. The summed E-state index contributed by atoms with van der Waals surface area (Å²) in [4.78, 5) is 11.6. The van der Waals surface area contributed by atoms with E-state index in [0.29, 0.717) is 5.75 Å². The van der Waals surface area contributed by atoms with E-state index in [4.69, 9.17) is 4.74 Å². The fraction of sp³-hybridized carbons (Fsp3) is 0.385. The fourth-order valence-corrected chi connectivity index (χ4v) is 2.83. The van der Waals surface area contributed by atoms with Crippen molar-refractivity contribution >= 4 is 43.5 Å². The minimum atomic E-state index is -0.276. The van der Waals surface area contributed by atoms with Crippen molar-refractivity contribution in [2.75, 3.05) is 6.61 Å². The molecule has 1 aromatic rings. The van der Waals surface area contributed by atoms with Gasteiger partial charge in [0.1, 0.15) is 5.75 Å². The number of ether oxygens (including phenoxy) is 1. The second-order valence-electron chi connectivity index (χ2n) is 4.06. The number of benzene rings is 1. The van der Waals surface area contributed by atoms with Crippen molar-refractivity contribution in [1.82, 2.24) is 5.43 Å². The molecule has 104 valence electrons. The average molecular weight is 392 g/mol. The summed E-state index contributed by atoms with van der Waals surface area (Å²) in [5, 5.41) is 3.93. The zero-order chi connectivity index (χ0) is 14.4. The fourth-order valence-electron chi connectivity index (χ4n) is 1.28. The van der Waals surface area contributed by atoms with Crippen LogP contribution in [-0.2, 0) is 4.79 Å². The Hall–Kier alpha value is -0.880. The van der Waals surface area contributed by atoms with Crippen LogP contribution in [0.25, 0.3) is 0 Å². The highest BCUT2D eigenvalue weighted by atomic mass is 79.9. The van der Waals surface area contributed by atoms with Crippen molar-refractivity contribution in [2.45, 2.75) is 27.2 Å². The molecule has 0 aliphatic rings. The van der Waals surface area contributed by atoms with Crippen LogP contribution in [0, 0.1) is 6.92 Å². The van der Waals surface area contributed by atoms with Gasteiger partial charge in [-0.15, -0.1) is 0 Å². The van der Waals surface area contributed by atoms with E-state index in [0.717, 1.165) is 26.6 Å². The molecular weight excluding hydrogens is 376 g/mol. The predicted molar refractivity (Wildman–Crippen MR) is 83.6 cm³/mol. The van der Waals surface area contributed by atoms with E-state index in [1.165, 1.54) is 0 Å². The van der Waals surface area contributed by atoms with Gasteiger partial charge in [0.15, 0.2) is 6.61 Å². The standard InChI is InChI=1S/C13H16Br2N2O2/c1-4-9(3)16-17-12(18)7-19-13-8(2)5-10(14)6-11(13)15/h5-6H,4,7H2,1-3H3,(H,17,18)/b16-9-. The molecule has 0 aromatic heterocycles. The maximum absolute atomic E-state index is 11.6. The number of carbonyl (C=O) groups is 1. The molecule has 0 unspecified atom stereocenters. The number of halogens is 2. The Bertz CT molecular complexity index is 478. The van der Waals surface area contributed by atoms with E-state index in [1.807, 2.05) is 32.9 Å². The van der Waals surface area contributed by atoms with Crippen LogP contribution in [0.15, 0.2) is 26.2 Å². The highest BCUT2D eigenvalue weighted by Gasteiger charge is 2.09. The normalized spacial score (nSPS) is 11.3. The lowest BCUT2D eigenvalue weighted by Crippen LogP contribution is -2.25. The Morgan fingerprint density at radius 1 is 1.42 bits per heavy atom. The lowest BCUT2D eigenvalue weighted by atomic mass is 10.2. The van der Waals surface area contributed by atoms with Crippen LogP contribution in [-0.4, -0.2) is 18.2 Å². The molecule has 19 heavy (non-hydrogen) atoms. The first-order valence-electron chi connectivity index (χ1n) is 5.84. The van der Waals surface area contributed by atoms with Gasteiger partial charge in [0.05, 0.1) is 4.47 Å². The van der Waals surface area contributed by atoms with E-state index >= 15 is 0 Å². The number of carbonyl (C=O) groups excluding carboxylic acids is 1. The number of nitrogens with one attached hydrogen (secondary N) is 1. The molecule has 0 bridgehead atoms. The third-order valence-corrected chi connectivity index (χ3v) is 3.47. The third-order valence-electron chi connectivity index (χ3n) is 2.42. The topological polar surface area (TPSA) is 50.7 Å². The van der Waals surface area contributed by atoms with Crippen molar-refractivity contribution in [2.24, 2.45) is 5.10 Å². The molecule has 1 N–H and O–H groups in total. The maximum Gasteiger partial charge on any atom is 0.277 e. The number of hydrogen-bond donors (Lipinski definition) is 1. The van der Waals surface area contributed by atoms with Crippen molar-refractivity contribution in [3.63, 3.8) is 0 Å². The monoisotopic (exact) mass is 390 g/mol. The molecule has 0 aliphatic carbocycles. The molecule has 1 rings (SSSR count). The van der Waals surface area contributed by atoms with Crippen LogP contribution in [0.5, 0.6) is 5.75 Å². The van der Waals surface area contributed by atoms with Gasteiger partial charge in [-0.3, -0.25) is 4.79 Å². The van der Waals surface area contributed by atoms with Gasteiger partial charge in [-0.1, -0.05) is 22.9 Å². The average Bonchev–Trinajstić information content (AvgIpc) is 2.34. The minimum absolute atomic E-state index is 0.0679. The van der Waals surface area contributed by atoms with Gasteiger partial charge in [0.2, 0.25) is 0 Å². The zero-order valence-electron chi connectivity index (χ0n) is 11.1. The van der Waals surface area contributed by atoms with Gasteiger partial charge in [-0.2, -0.15) is 5.10 Å². The van der Waals surface area contributed by atoms with Crippen molar-refractivity contribution in [3.8, 4) is 5.75 Å². The third kappa shape index (κ3) is 5.32. The van der Waals surface area contributed by atoms with Crippen LogP contribution in [0.3, 0.4) is 0 Å². The predicted octanol–water partition coefficient (Wildman–Crippen LogP) is 3.80. The summed E-state index contributed by atoms with van der Waals surface area (Å²) in [6.45, 7) is 5.68. The van der Waals surface area contributed by atoms with Gasteiger partial charge >= 0.3 is 0 Å². The van der Waals surface area contributed by atoms with E-state index in [1.54, 1.807) is 0 Å². The minimum Gasteiger partial charge on any atom is -0.482 e. The van der Waals surface area contributed by atoms with E-state index in [9.17, 15) is 4.79 Å². The van der Waals surface area contributed by atoms with Gasteiger partial charge < -0.3 is 4.74 Å². The lowest BCUT2D eigenvalue weighted by Gasteiger charge is -2.11. The van der Waals surface area contributed by atoms with Crippen LogP contribution in [0.1, 0.15) is 25.8 Å². The van der Waals surface area contributed by atoms with Crippen molar-refractivity contribution in [3.05, 3.63) is 26.6 Å². The maximum atomic E-state index is 11.6. The molecule has 0 spiro atoms. The summed E-state index contributed by atoms with van der Waals surface area (Å²) in [5.41, 5.74) is 4.27. The number of rotatable bonds is 5. The quantitative estimate of drug-likeness (QED) is 0.613. The van der Waals surface area contributed by atoms with E-state index in [-0.39, 0.29) is 12.5 Å². The number of hydrazone groups is 1. The van der Waals surface area contributed by atoms with Gasteiger partial charge in [0.25, 0.3) is 5.91 Å². The first-order valence-corrected chi connectivity index (χ1v) is 7.43. The van der Waals surface area contributed by atoms with Crippen LogP contribution in [0.2, 0.25) is 0 Å². The zero-order valence-corrected chi connectivity index (χ0v) is 14.3. The summed E-state index contributed by atoms with van der Waals surface area (Å²) in [5.74, 6) is 0.386. The molecule has 0 heterocycles. The summed E-state index contributed by atoms with van der Waals surface area (Å²) in [7, 11) is 0. The Kier molecular flexibility index (Phi) is 6.51. The molecule has 0 saturated heterocycles. The van der Waals surface area contributed by atoms with Gasteiger partial charge in [0, 0.05) is 10.2 Å². The smallest absolute Gasteiger partial charge is 0.277 e. The lowest BCUT2D eigenvalue weighted by molar-refractivity contribution is -0.123. The molecule has 0 saturated carbocycles. The van der Waals surface area contributed by atoms with Crippen molar-refractivity contribution in [1.29, 1.82) is 0 Å². The Labute approximate surface area is 129 Å². The van der Waals surface area contributed by atoms with E-state index < -0.39 is 0 Å². The summed E-state index contributed by atoms with van der Waals surface area (Å²) < 4.78 is 7.26. The van der Waals surface area contributed by atoms with Crippen molar-refractivity contribution < 1.29 is 9.53 Å². The number of amides is 1. The van der Waals surface area contributed by atoms with Gasteiger partial charge in [-0.05, 0) is 53.9 Å². The first kappa shape index (κ1) is 16.2. The molecule has 0 aliphatic heterocycles. The molecule has 0 fully saturated rings. The highest BCUT2D eigenvalue weighted by Crippen LogP contribution is 2.32. The molecule has 4 nitrogen and oxygen atoms in total. The van der Waals surface area contributed by atoms with Gasteiger partial charge in [-0.25, -0.2) is 5.43 Å². The second kappa shape index (κ2) is 7.65. The van der Waals surface area contributed by atoms with Crippen LogP contribution in [0.4, 0.5) is 0 Å².